The maximum atomic E-state index is 5.76. The molecule has 2 rings (SSSR count). The molecule has 0 saturated carbocycles. The van der Waals surface area contributed by atoms with Crippen molar-refractivity contribution in [3.8, 4) is 5.75 Å². The summed E-state index contributed by atoms with van der Waals surface area (Å²) in [5, 5.41) is 3.58. The van der Waals surface area contributed by atoms with Crippen molar-refractivity contribution in [3.63, 3.8) is 0 Å². The Morgan fingerprint density at radius 3 is 2.50 bits per heavy atom. The van der Waals surface area contributed by atoms with Gasteiger partial charge in [-0.05, 0) is 51.3 Å². The largest absolute Gasteiger partial charge is 0.495 e. The van der Waals surface area contributed by atoms with E-state index in [1.54, 1.807) is 7.11 Å². The first-order valence-corrected chi connectivity index (χ1v) is 6.65. The molecule has 1 saturated heterocycles. The van der Waals surface area contributed by atoms with E-state index in [1.165, 1.54) is 5.56 Å². The molecule has 2 atom stereocenters. The average molecular weight is 249 g/mol. The molecule has 3 heteroatoms. The van der Waals surface area contributed by atoms with Gasteiger partial charge in [-0.3, -0.25) is 0 Å². The lowest BCUT2D eigenvalue weighted by atomic mass is 9.99. The van der Waals surface area contributed by atoms with Gasteiger partial charge in [0.05, 0.1) is 25.0 Å². The Morgan fingerprint density at radius 2 is 1.89 bits per heavy atom. The number of nitrogens with one attached hydrogen (secondary N) is 1. The van der Waals surface area contributed by atoms with Crippen LogP contribution >= 0.6 is 0 Å². The van der Waals surface area contributed by atoms with Gasteiger partial charge < -0.3 is 14.8 Å². The minimum Gasteiger partial charge on any atom is -0.495 e. The highest BCUT2D eigenvalue weighted by atomic mass is 16.5. The Balaban J connectivity index is 2.08. The minimum absolute atomic E-state index is 0.322. The molecule has 0 amide bonds. The summed E-state index contributed by atoms with van der Waals surface area (Å²) in [7, 11) is 1.72. The van der Waals surface area contributed by atoms with E-state index >= 15 is 0 Å². The topological polar surface area (TPSA) is 30.5 Å². The van der Waals surface area contributed by atoms with Crippen molar-refractivity contribution in [1.29, 1.82) is 0 Å². The fourth-order valence-electron chi connectivity index (χ4n) is 2.66. The zero-order valence-corrected chi connectivity index (χ0v) is 11.7. The predicted octanol–water partition coefficient (Wildman–Crippen LogP) is 3.37. The van der Waals surface area contributed by atoms with E-state index in [4.69, 9.17) is 9.47 Å². The lowest BCUT2D eigenvalue weighted by Gasteiger charge is -2.33. The predicted molar refractivity (Wildman–Crippen MR) is 74.4 cm³/mol. The van der Waals surface area contributed by atoms with E-state index < -0.39 is 0 Å². The first kappa shape index (κ1) is 13.2. The summed E-state index contributed by atoms with van der Waals surface area (Å²) in [5.41, 5.74) is 2.29. The molecule has 1 heterocycles. The average Bonchev–Trinajstić information content (AvgIpc) is 2.30. The summed E-state index contributed by atoms with van der Waals surface area (Å²) in [5.74, 6) is 0.918. The smallest absolute Gasteiger partial charge is 0.142 e. The van der Waals surface area contributed by atoms with Gasteiger partial charge in [0.2, 0.25) is 0 Å². The third-order valence-corrected chi connectivity index (χ3v) is 3.41. The van der Waals surface area contributed by atoms with Crippen LogP contribution in [0.15, 0.2) is 18.2 Å². The van der Waals surface area contributed by atoms with E-state index in [2.05, 4.69) is 44.3 Å². The van der Waals surface area contributed by atoms with Crippen molar-refractivity contribution in [2.45, 2.75) is 51.9 Å². The molecule has 100 valence electrons. The van der Waals surface area contributed by atoms with Crippen molar-refractivity contribution < 1.29 is 9.47 Å². The van der Waals surface area contributed by atoms with Crippen LogP contribution in [0.25, 0.3) is 0 Å². The summed E-state index contributed by atoms with van der Waals surface area (Å²) >= 11 is 0. The molecule has 0 bridgehead atoms. The number of methoxy groups -OCH3 is 1. The lowest BCUT2D eigenvalue weighted by molar-refractivity contribution is -0.0338. The fourth-order valence-corrected chi connectivity index (χ4v) is 2.66. The highest BCUT2D eigenvalue weighted by Gasteiger charge is 2.24. The number of hydrogen-bond donors (Lipinski definition) is 1. The summed E-state index contributed by atoms with van der Waals surface area (Å²) < 4.78 is 11.2. The van der Waals surface area contributed by atoms with Gasteiger partial charge in [-0.2, -0.15) is 0 Å². The summed E-state index contributed by atoms with van der Waals surface area (Å²) in [6.45, 7) is 6.35. The van der Waals surface area contributed by atoms with E-state index in [-0.39, 0.29) is 0 Å². The molecule has 1 aromatic carbocycles. The van der Waals surface area contributed by atoms with Crippen LogP contribution in [0.5, 0.6) is 5.75 Å². The fraction of sp³-hybridized carbons (Fsp3) is 0.600. The number of aryl methyl sites for hydroxylation is 1. The molecule has 1 aliphatic rings. The third-order valence-electron chi connectivity index (χ3n) is 3.41. The van der Waals surface area contributed by atoms with Crippen molar-refractivity contribution >= 4 is 5.69 Å². The van der Waals surface area contributed by atoms with E-state index in [1.807, 2.05) is 0 Å². The highest BCUT2D eigenvalue weighted by molar-refractivity contribution is 5.58. The van der Waals surface area contributed by atoms with Gasteiger partial charge in [0.15, 0.2) is 0 Å². The molecule has 1 aliphatic heterocycles. The van der Waals surface area contributed by atoms with E-state index in [0.29, 0.717) is 18.2 Å². The Bertz CT molecular complexity index is 395. The van der Waals surface area contributed by atoms with Gasteiger partial charge in [-0.25, -0.2) is 0 Å². The van der Waals surface area contributed by atoms with Crippen LogP contribution in [-0.2, 0) is 4.74 Å². The van der Waals surface area contributed by atoms with Crippen molar-refractivity contribution in [1.82, 2.24) is 0 Å². The molecule has 1 aromatic rings. The van der Waals surface area contributed by atoms with E-state index in [9.17, 15) is 0 Å². The summed E-state index contributed by atoms with van der Waals surface area (Å²) in [6, 6.07) is 6.73. The first-order chi connectivity index (χ1) is 8.58. The van der Waals surface area contributed by atoms with Crippen LogP contribution in [0.2, 0.25) is 0 Å². The zero-order valence-electron chi connectivity index (χ0n) is 11.7. The highest BCUT2D eigenvalue weighted by Crippen LogP contribution is 2.29. The zero-order chi connectivity index (χ0) is 13.1. The molecule has 18 heavy (non-hydrogen) atoms. The summed E-state index contributed by atoms with van der Waals surface area (Å²) in [4.78, 5) is 0. The number of hydrogen-bond acceptors (Lipinski definition) is 3. The molecule has 0 aromatic heterocycles. The number of anilines is 1. The summed E-state index contributed by atoms with van der Waals surface area (Å²) in [6.07, 6.45) is 2.73. The minimum atomic E-state index is 0.322. The monoisotopic (exact) mass is 249 g/mol. The second-order valence-corrected chi connectivity index (χ2v) is 5.27. The Hall–Kier alpha value is -1.22. The van der Waals surface area contributed by atoms with Crippen molar-refractivity contribution in [2.75, 3.05) is 12.4 Å². The molecule has 1 fully saturated rings. The first-order valence-electron chi connectivity index (χ1n) is 6.65. The molecular formula is C15H23NO2. The molecule has 1 N–H and O–H groups in total. The van der Waals surface area contributed by atoms with Gasteiger partial charge in [0.1, 0.15) is 5.75 Å². The standard InChI is InChI=1S/C15H23NO2/c1-10-5-6-14(15(7-10)17-4)16-13-8-11(2)18-12(3)9-13/h5-7,11-13,16H,8-9H2,1-4H3. The quantitative estimate of drug-likeness (QED) is 0.891. The third kappa shape index (κ3) is 3.16. The number of benzene rings is 1. The Morgan fingerprint density at radius 1 is 1.22 bits per heavy atom. The maximum Gasteiger partial charge on any atom is 0.142 e. The van der Waals surface area contributed by atoms with Gasteiger partial charge in [0.25, 0.3) is 0 Å². The normalized spacial score (nSPS) is 27.9. The van der Waals surface area contributed by atoms with Crippen LogP contribution in [0.4, 0.5) is 5.69 Å². The number of ether oxygens (including phenoxy) is 2. The lowest BCUT2D eigenvalue weighted by Crippen LogP contribution is -2.36. The van der Waals surface area contributed by atoms with Gasteiger partial charge in [-0.1, -0.05) is 6.07 Å². The molecular weight excluding hydrogens is 226 g/mol. The van der Waals surface area contributed by atoms with Crippen LogP contribution in [-0.4, -0.2) is 25.4 Å². The number of rotatable bonds is 3. The Labute approximate surface area is 109 Å². The van der Waals surface area contributed by atoms with E-state index in [0.717, 1.165) is 24.3 Å². The van der Waals surface area contributed by atoms with Gasteiger partial charge >= 0.3 is 0 Å². The van der Waals surface area contributed by atoms with Gasteiger partial charge in [-0.15, -0.1) is 0 Å². The molecule has 0 radical (unpaired) electrons. The van der Waals surface area contributed by atoms with Crippen molar-refractivity contribution in [3.05, 3.63) is 23.8 Å². The van der Waals surface area contributed by atoms with Crippen LogP contribution in [0, 0.1) is 6.92 Å². The second-order valence-electron chi connectivity index (χ2n) is 5.27. The van der Waals surface area contributed by atoms with Crippen molar-refractivity contribution in [2.24, 2.45) is 0 Å². The van der Waals surface area contributed by atoms with Crippen LogP contribution in [0.3, 0.4) is 0 Å². The molecule has 0 spiro atoms. The SMILES string of the molecule is COc1cc(C)ccc1NC1CC(C)OC(C)C1. The van der Waals surface area contributed by atoms with Crippen LogP contribution < -0.4 is 10.1 Å². The second kappa shape index (κ2) is 5.61. The molecule has 0 aliphatic carbocycles. The maximum absolute atomic E-state index is 5.76. The van der Waals surface area contributed by atoms with Gasteiger partial charge in [0, 0.05) is 6.04 Å². The molecule has 3 nitrogen and oxygen atoms in total. The Kier molecular flexibility index (Phi) is 4.12. The van der Waals surface area contributed by atoms with Crippen LogP contribution in [0.1, 0.15) is 32.3 Å². The molecule has 2 unspecified atom stereocenters.